The molecule has 9 nitrogen and oxygen atoms in total. The van der Waals surface area contributed by atoms with Gasteiger partial charge in [0.1, 0.15) is 23.5 Å². The average molecular weight is 516 g/mol. The molecule has 0 saturated heterocycles. The molecule has 10 heteroatoms. The number of hydrogen-bond acceptors (Lipinski definition) is 6. The minimum Gasteiger partial charge on any atom is -0.492 e. The van der Waals surface area contributed by atoms with Crippen molar-refractivity contribution < 1.29 is 19.1 Å². The molecule has 0 aliphatic rings. The summed E-state index contributed by atoms with van der Waals surface area (Å²) in [6.45, 7) is 3.11. The quantitative estimate of drug-likeness (QED) is 0.393. The topological polar surface area (TPSA) is 98.6 Å². The van der Waals surface area contributed by atoms with Crippen molar-refractivity contribution >= 4 is 33.4 Å². The first-order valence-corrected chi connectivity index (χ1v) is 11.2. The molecular weight excluding hydrogens is 490 g/mol. The molecule has 3 rings (SSSR count). The third-order valence-electron chi connectivity index (χ3n) is 4.63. The van der Waals surface area contributed by atoms with Gasteiger partial charge in [0.05, 0.1) is 31.5 Å². The number of aryl methyl sites for hydroxylation is 1. The van der Waals surface area contributed by atoms with Crippen LogP contribution in [0, 0.1) is 6.92 Å². The summed E-state index contributed by atoms with van der Waals surface area (Å²) < 4.78 is 13.3. The van der Waals surface area contributed by atoms with E-state index in [0.29, 0.717) is 29.3 Å². The number of amides is 2. The molecular formula is C23H26BrN5O4. The number of carbonyl (C=O) groups is 2. The number of likely N-dealkylation sites (N-methyl/N-ethyl adjacent to an activating group) is 1. The highest BCUT2D eigenvalue weighted by Gasteiger charge is 2.12. The number of benzene rings is 1. The normalized spacial score (nSPS) is 10.5. The van der Waals surface area contributed by atoms with Crippen LogP contribution in [0.25, 0.3) is 0 Å². The standard InChI is InChI=1S/C23H26BrN5O4/c1-17-6-8-19(9-7-17)32-13-11-28(2)23(31)16-29-15-18(14-25-29)26-21(30)10-12-33-22-5-3-4-20(24)27-22/h3-9,14-15H,10-13,16H2,1-2H3,(H,26,30). The second-order valence-electron chi connectivity index (χ2n) is 7.35. The van der Waals surface area contributed by atoms with Gasteiger partial charge in [-0.05, 0) is 41.1 Å². The van der Waals surface area contributed by atoms with E-state index in [9.17, 15) is 9.59 Å². The minimum atomic E-state index is -0.221. The van der Waals surface area contributed by atoms with E-state index >= 15 is 0 Å². The molecule has 0 saturated carbocycles. The molecule has 0 unspecified atom stereocenters. The van der Waals surface area contributed by atoms with Gasteiger partial charge in [-0.2, -0.15) is 5.10 Å². The predicted molar refractivity (Wildman–Crippen MR) is 127 cm³/mol. The number of nitrogens with one attached hydrogen (secondary N) is 1. The fourth-order valence-corrected chi connectivity index (χ4v) is 3.10. The van der Waals surface area contributed by atoms with Gasteiger partial charge >= 0.3 is 0 Å². The van der Waals surface area contributed by atoms with Crippen molar-refractivity contribution in [1.29, 1.82) is 0 Å². The zero-order valence-electron chi connectivity index (χ0n) is 18.5. The number of nitrogens with zero attached hydrogens (tertiary/aromatic N) is 4. The summed E-state index contributed by atoms with van der Waals surface area (Å²) in [5.41, 5.74) is 1.68. The van der Waals surface area contributed by atoms with Gasteiger partial charge in [0.15, 0.2) is 0 Å². The summed E-state index contributed by atoms with van der Waals surface area (Å²) in [6.07, 6.45) is 3.27. The molecule has 2 amide bonds. The van der Waals surface area contributed by atoms with Crippen LogP contribution < -0.4 is 14.8 Å². The van der Waals surface area contributed by atoms with E-state index in [1.807, 2.05) is 31.2 Å². The number of halogens is 1. The molecule has 0 aliphatic heterocycles. The van der Waals surface area contributed by atoms with Crippen molar-refractivity contribution in [3.8, 4) is 11.6 Å². The van der Waals surface area contributed by atoms with Crippen molar-refractivity contribution in [3.05, 3.63) is 65.0 Å². The lowest BCUT2D eigenvalue weighted by Gasteiger charge is -2.17. The molecule has 2 aromatic heterocycles. The molecule has 0 radical (unpaired) electrons. The van der Waals surface area contributed by atoms with E-state index in [2.05, 4.69) is 31.3 Å². The van der Waals surface area contributed by atoms with Crippen molar-refractivity contribution in [2.24, 2.45) is 0 Å². The Labute approximate surface area is 200 Å². The molecule has 0 fully saturated rings. The highest BCUT2D eigenvalue weighted by atomic mass is 79.9. The molecule has 33 heavy (non-hydrogen) atoms. The SMILES string of the molecule is Cc1ccc(OCCN(C)C(=O)Cn2cc(NC(=O)CCOc3cccc(Br)n3)cn2)cc1. The van der Waals surface area contributed by atoms with Gasteiger partial charge in [-0.25, -0.2) is 4.98 Å². The minimum absolute atomic E-state index is 0.0641. The Bertz CT molecular complexity index is 1070. The number of pyridine rings is 1. The van der Waals surface area contributed by atoms with Gasteiger partial charge in [-0.3, -0.25) is 14.3 Å². The summed E-state index contributed by atoms with van der Waals surface area (Å²) >= 11 is 3.27. The molecule has 0 aliphatic carbocycles. The molecule has 0 spiro atoms. The number of anilines is 1. The van der Waals surface area contributed by atoms with Crippen LogP contribution in [0.4, 0.5) is 5.69 Å². The fraction of sp³-hybridized carbons (Fsp3) is 0.304. The first-order valence-electron chi connectivity index (χ1n) is 10.4. The number of ether oxygens (including phenoxy) is 2. The summed E-state index contributed by atoms with van der Waals surface area (Å²) in [5.74, 6) is 0.878. The van der Waals surface area contributed by atoms with Crippen molar-refractivity contribution in [2.45, 2.75) is 19.9 Å². The Morgan fingerprint density at radius 1 is 1.12 bits per heavy atom. The molecule has 0 atom stereocenters. The summed E-state index contributed by atoms with van der Waals surface area (Å²) in [4.78, 5) is 30.3. The van der Waals surface area contributed by atoms with E-state index in [4.69, 9.17) is 9.47 Å². The molecule has 1 aromatic carbocycles. The first kappa shape index (κ1) is 24.2. The van der Waals surface area contributed by atoms with Crippen LogP contribution in [0.15, 0.2) is 59.5 Å². The van der Waals surface area contributed by atoms with Crippen LogP contribution in [0.2, 0.25) is 0 Å². The third kappa shape index (κ3) is 8.23. The number of hydrogen-bond donors (Lipinski definition) is 1. The van der Waals surface area contributed by atoms with Gasteiger partial charge in [-0.1, -0.05) is 23.8 Å². The monoisotopic (exact) mass is 515 g/mol. The Morgan fingerprint density at radius 2 is 1.91 bits per heavy atom. The van der Waals surface area contributed by atoms with Gasteiger partial charge < -0.3 is 19.7 Å². The lowest BCUT2D eigenvalue weighted by atomic mass is 10.2. The van der Waals surface area contributed by atoms with E-state index in [1.165, 1.54) is 10.9 Å². The van der Waals surface area contributed by atoms with Gasteiger partial charge in [-0.15, -0.1) is 0 Å². The van der Waals surface area contributed by atoms with Crippen LogP contribution in [0.5, 0.6) is 11.6 Å². The second kappa shape index (κ2) is 12.0. The van der Waals surface area contributed by atoms with Gasteiger partial charge in [0.25, 0.3) is 0 Å². The zero-order chi connectivity index (χ0) is 23.6. The Balaban J connectivity index is 1.36. The molecule has 2 heterocycles. The predicted octanol–water partition coefficient (Wildman–Crippen LogP) is 3.29. The van der Waals surface area contributed by atoms with Crippen LogP contribution >= 0.6 is 15.9 Å². The Kier molecular flexibility index (Phi) is 8.82. The summed E-state index contributed by atoms with van der Waals surface area (Å²) in [5, 5.41) is 6.88. The molecule has 174 valence electrons. The number of aromatic nitrogens is 3. The highest BCUT2D eigenvalue weighted by molar-refractivity contribution is 9.10. The highest BCUT2D eigenvalue weighted by Crippen LogP contribution is 2.13. The van der Waals surface area contributed by atoms with E-state index < -0.39 is 0 Å². The number of carbonyl (C=O) groups excluding carboxylic acids is 2. The number of rotatable bonds is 11. The smallest absolute Gasteiger partial charge is 0.244 e. The van der Waals surface area contributed by atoms with E-state index in [0.717, 1.165) is 11.3 Å². The van der Waals surface area contributed by atoms with E-state index in [-0.39, 0.29) is 31.4 Å². The van der Waals surface area contributed by atoms with Crippen LogP contribution in [0.1, 0.15) is 12.0 Å². The van der Waals surface area contributed by atoms with Crippen molar-refractivity contribution in [3.63, 3.8) is 0 Å². The lowest BCUT2D eigenvalue weighted by Crippen LogP contribution is -2.33. The average Bonchev–Trinajstić information content (AvgIpc) is 3.21. The van der Waals surface area contributed by atoms with E-state index in [1.54, 1.807) is 36.3 Å². The van der Waals surface area contributed by atoms with Crippen LogP contribution in [-0.4, -0.2) is 58.3 Å². The Hall–Kier alpha value is -3.40. The summed E-state index contributed by atoms with van der Waals surface area (Å²) in [6, 6.07) is 13.1. The maximum atomic E-state index is 12.4. The van der Waals surface area contributed by atoms with Gasteiger partial charge in [0.2, 0.25) is 17.7 Å². The fourth-order valence-electron chi connectivity index (χ4n) is 2.78. The summed E-state index contributed by atoms with van der Waals surface area (Å²) in [7, 11) is 1.72. The second-order valence-corrected chi connectivity index (χ2v) is 8.16. The first-order chi connectivity index (χ1) is 15.9. The Morgan fingerprint density at radius 3 is 2.67 bits per heavy atom. The molecule has 3 aromatic rings. The maximum Gasteiger partial charge on any atom is 0.244 e. The van der Waals surface area contributed by atoms with Gasteiger partial charge in [0, 0.05) is 19.3 Å². The largest absolute Gasteiger partial charge is 0.492 e. The lowest BCUT2D eigenvalue weighted by molar-refractivity contribution is -0.131. The van der Waals surface area contributed by atoms with Crippen molar-refractivity contribution in [1.82, 2.24) is 19.7 Å². The molecule has 1 N–H and O–H groups in total. The molecule has 0 bridgehead atoms. The van der Waals surface area contributed by atoms with Crippen LogP contribution in [-0.2, 0) is 16.1 Å². The maximum absolute atomic E-state index is 12.4. The third-order valence-corrected chi connectivity index (χ3v) is 5.07. The zero-order valence-corrected chi connectivity index (χ0v) is 20.1. The van der Waals surface area contributed by atoms with Crippen LogP contribution in [0.3, 0.4) is 0 Å². The van der Waals surface area contributed by atoms with Crippen molar-refractivity contribution in [2.75, 3.05) is 32.1 Å².